The number of carbonyl (C=O) groups is 2. The van der Waals surface area contributed by atoms with Crippen LogP contribution in [0.5, 0.6) is 0 Å². The zero-order valence-corrected chi connectivity index (χ0v) is 17.4. The Morgan fingerprint density at radius 2 is 2.00 bits per heavy atom. The van der Waals surface area contributed by atoms with Crippen LogP contribution in [0.4, 0.5) is 6.01 Å². The van der Waals surface area contributed by atoms with Crippen LogP contribution in [-0.2, 0) is 9.59 Å². The standard InChI is InChI=1S/C20H22Cl2N4O3/c21-14-11-15(22)18-16(12-14)24-20(29-18)26-8-6-23-17(27)5-7-25(9-10-26)19(28)13-3-1-2-4-13/h3,11-12H,1-2,4-10H2,(H,23,27). The summed E-state index contributed by atoms with van der Waals surface area (Å²) in [6.07, 6.45) is 5.05. The Morgan fingerprint density at radius 3 is 2.79 bits per heavy atom. The van der Waals surface area contributed by atoms with Gasteiger partial charge < -0.3 is 19.5 Å². The van der Waals surface area contributed by atoms with Crippen molar-refractivity contribution in [2.45, 2.75) is 25.7 Å². The first-order valence-corrected chi connectivity index (χ1v) is 10.5. The van der Waals surface area contributed by atoms with Crippen molar-refractivity contribution in [3.63, 3.8) is 0 Å². The monoisotopic (exact) mass is 436 g/mol. The number of benzene rings is 1. The number of fused-ring (bicyclic) bond motifs is 1. The molecule has 0 radical (unpaired) electrons. The molecule has 2 amide bonds. The predicted octanol–water partition coefficient (Wildman–Crippen LogP) is 3.40. The molecule has 9 heteroatoms. The SMILES string of the molecule is O=C1CCN(C(=O)C2=CCCC2)CCN(c2nc3cc(Cl)cc(Cl)c3o2)CCN1. The van der Waals surface area contributed by atoms with Crippen LogP contribution in [0.3, 0.4) is 0 Å². The van der Waals surface area contributed by atoms with Crippen LogP contribution in [0.25, 0.3) is 11.1 Å². The second kappa shape index (κ2) is 8.63. The maximum absolute atomic E-state index is 12.9. The van der Waals surface area contributed by atoms with Crippen molar-refractivity contribution in [2.75, 3.05) is 37.6 Å². The lowest BCUT2D eigenvalue weighted by Gasteiger charge is -2.29. The number of oxazole rings is 1. The number of carbonyl (C=O) groups excluding carboxylic acids is 2. The normalized spacial score (nSPS) is 18.7. The molecule has 1 saturated heterocycles. The van der Waals surface area contributed by atoms with Crippen molar-refractivity contribution < 1.29 is 14.0 Å². The van der Waals surface area contributed by atoms with Gasteiger partial charge in [-0.05, 0) is 31.4 Å². The average molecular weight is 437 g/mol. The summed E-state index contributed by atoms with van der Waals surface area (Å²) >= 11 is 12.3. The quantitative estimate of drug-likeness (QED) is 0.779. The first-order chi connectivity index (χ1) is 14.0. The van der Waals surface area contributed by atoms with Gasteiger partial charge >= 0.3 is 0 Å². The molecule has 1 aromatic heterocycles. The van der Waals surface area contributed by atoms with Crippen LogP contribution in [0.1, 0.15) is 25.7 Å². The van der Waals surface area contributed by atoms with Gasteiger partial charge in [0.05, 0.1) is 5.02 Å². The third-order valence-electron chi connectivity index (χ3n) is 5.22. The van der Waals surface area contributed by atoms with Gasteiger partial charge in [0.25, 0.3) is 6.01 Å². The smallest absolute Gasteiger partial charge is 0.298 e. The molecule has 2 aliphatic rings. The fourth-order valence-corrected chi connectivity index (χ4v) is 4.19. The second-order valence-corrected chi connectivity index (χ2v) is 8.08. The lowest BCUT2D eigenvalue weighted by molar-refractivity contribution is -0.128. The van der Waals surface area contributed by atoms with E-state index in [1.807, 2.05) is 11.0 Å². The van der Waals surface area contributed by atoms with Gasteiger partial charge in [-0.1, -0.05) is 29.3 Å². The van der Waals surface area contributed by atoms with Crippen molar-refractivity contribution in [3.8, 4) is 0 Å². The summed E-state index contributed by atoms with van der Waals surface area (Å²) in [4.78, 5) is 33.2. The molecule has 0 unspecified atom stereocenters. The number of halogens is 2. The number of nitrogens with one attached hydrogen (secondary N) is 1. The molecule has 1 fully saturated rings. The summed E-state index contributed by atoms with van der Waals surface area (Å²) in [6, 6.07) is 3.70. The molecule has 0 bridgehead atoms. The minimum atomic E-state index is -0.0718. The highest BCUT2D eigenvalue weighted by molar-refractivity contribution is 6.38. The first-order valence-electron chi connectivity index (χ1n) is 9.77. The third-order valence-corrected chi connectivity index (χ3v) is 5.72. The van der Waals surface area contributed by atoms with Crippen molar-refractivity contribution in [1.82, 2.24) is 15.2 Å². The highest BCUT2D eigenvalue weighted by atomic mass is 35.5. The summed E-state index contributed by atoms with van der Waals surface area (Å²) < 4.78 is 5.88. The Bertz CT molecular complexity index is 972. The molecule has 0 atom stereocenters. The lowest BCUT2D eigenvalue weighted by atomic mass is 10.2. The van der Waals surface area contributed by atoms with E-state index in [-0.39, 0.29) is 11.8 Å². The molecule has 1 aliphatic heterocycles. The molecule has 2 heterocycles. The largest absolute Gasteiger partial charge is 0.422 e. The summed E-state index contributed by atoms with van der Waals surface area (Å²) in [7, 11) is 0. The van der Waals surface area contributed by atoms with Gasteiger partial charge in [-0.25, -0.2) is 0 Å². The molecule has 4 rings (SSSR count). The Balaban J connectivity index is 1.57. The molecule has 29 heavy (non-hydrogen) atoms. The molecular weight excluding hydrogens is 415 g/mol. The van der Waals surface area contributed by atoms with Crippen LogP contribution >= 0.6 is 23.2 Å². The number of hydrogen-bond donors (Lipinski definition) is 1. The summed E-state index contributed by atoms with van der Waals surface area (Å²) in [5.74, 6) is -0.0549. The van der Waals surface area contributed by atoms with Crippen LogP contribution < -0.4 is 10.2 Å². The maximum atomic E-state index is 12.9. The molecule has 2 aromatic rings. The Kier molecular flexibility index (Phi) is 5.96. The zero-order valence-electron chi connectivity index (χ0n) is 15.9. The molecule has 0 spiro atoms. The number of aromatic nitrogens is 1. The Hall–Kier alpha value is -2.25. The van der Waals surface area contributed by atoms with E-state index in [4.69, 9.17) is 27.6 Å². The van der Waals surface area contributed by atoms with Gasteiger partial charge in [0.15, 0.2) is 5.58 Å². The highest BCUT2D eigenvalue weighted by Crippen LogP contribution is 2.31. The maximum Gasteiger partial charge on any atom is 0.298 e. The van der Waals surface area contributed by atoms with Gasteiger partial charge in [0.1, 0.15) is 5.52 Å². The predicted molar refractivity (Wildman–Crippen MR) is 112 cm³/mol. The van der Waals surface area contributed by atoms with E-state index in [0.29, 0.717) is 66.3 Å². The molecule has 7 nitrogen and oxygen atoms in total. The number of anilines is 1. The van der Waals surface area contributed by atoms with Crippen LogP contribution in [0.2, 0.25) is 10.0 Å². The molecular formula is C20H22Cl2N4O3. The van der Waals surface area contributed by atoms with E-state index in [0.717, 1.165) is 24.8 Å². The van der Waals surface area contributed by atoms with Crippen LogP contribution in [-0.4, -0.2) is 54.4 Å². The topological polar surface area (TPSA) is 78.7 Å². The molecule has 0 saturated carbocycles. The van der Waals surface area contributed by atoms with Gasteiger partial charge in [-0.2, -0.15) is 4.98 Å². The second-order valence-electron chi connectivity index (χ2n) is 7.23. The summed E-state index contributed by atoms with van der Waals surface area (Å²) in [5.41, 5.74) is 1.89. The van der Waals surface area contributed by atoms with E-state index >= 15 is 0 Å². The van der Waals surface area contributed by atoms with Gasteiger partial charge in [0, 0.05) is 49.7 Å². The lowest BCUT2D eigenvalue weighted by Crippen LogP contribution is -2.45. The number of hydrogen-bond acceptors (Lipinski definition) is 5. The fraction of sp³-hybridized carbons (Fsp3) is 0.450. The van der Waals surface area contributed by atoms with Crippen LogP contribution in [0.15, 0.2) is 28.2 Å². The fourth-order valence-electron chi connectivity index (χ4n) is 3.67. The summed E-state index contributed by atoms with van der Waals surface area (Å²) in [5, 5.41) is 3.76. The minimum absolute atomic E-state index is 0.0169. The van der Waals surface area contributed by atoms with Gasteiger partial charge in [0.2, 0.25) is 11.8 Å². The summed E-state index contributed by atoms with van der Waals surface area (Å²) in [6.45, 7) is 2.38. The minimum Gasteiger partial charge on any atom is -0.422 e. The number of nitrogens with zero attached hydrogens (tertiary/aromatic N) is 3. The van der Waals surface area contributed by atoms with Gasteiger partial charge in [-0.15, -0.1) is 0 Å². The van der Waals surface area contributed by atoms with Crippen molar-refractivity contribution in [2.24, 2.45) is 0 Å². The van der Waals surface area contributed by atoms with E-state index in [2.05, 4.69) is 10.3 Å². The number of rotatable bonds is 2. The molecule has 154 valence electrons. The van der Waals surface area contributed by atoms with Crippen molar-refractivity contribution >= 4 is 52.1 Å². The molecule has 1 aromatic carbocycles. The van der Waals surface area contributed by atoms with E-state index < -0.39 is 0 Å². The molecule has 1 aliphatic carbocycles. The highest BCUT2D eigenvalue weighted by Gasteiger charge is 2.24. The van der Waals surface area contributed by atoms with E-state index in [1.54, 1.807) is 17.0 Å². The zero-order chi connectivity index (χ0) is 20.4. The van der Waals surface area contributed by atoms with Crippen molar-refractivity contribution in [3.05, 3.63) is 33.8 Å². The first kappa shape index (κ1) is 20.0. The number of allylic oxidation sites excluding steroid dienone is 1. The number of amides is 2. The Morgan fingerprint density at radius 1 is 1.14 bits per heavy atom. The average Bonchev–Trinajstić information content (AvgIpc) is 3.36. The van der Waals surface area contributed by atoms with Crippen LogP contribution in [0, 0.1) is 0 Å². The molecule has 1 N–H and O–H groups in total. The van der Waals surface area contributed by atoms with Gasteiger partial charge in [-0.3, -0.25) is 9.59 Å². The third kappa shape index (κ3) is 4.51. The van der Waals surface area contributed by atoms with Crippen molar-refractivity contribution in [1.29, 1.82) is 0 Å². The van der Waals surface area contributed by atoms with E-state index in [9.17, 15) is 9.59 Å². The van der Waals surface area contributed by atoms with E-state index in [1.165, 1.54) is 0 Å². The Labute approximate surface area is 178 Å².